The van der Waals surface area contributed by atoms with Gasteiger partial charge in [0.1, 0.15) is 5.75 Å². The first kappa shape index (κ1) is 15.4. The number of halogens is 1. The Labute approximate surface area is 132 Å². The normalized spacial score (nSPS) is 10.2. The first-order chi connectivity index (χ1) is 10.0. The van der Waals surface area contributed by atoms with E-state index in [1.54, 1.807) is 19.2 Å². The van der Waals surface area contributed by atoms with E-state index in [1.165, 1.54) is 0 Å². The Morgan fingerprint density at radius 2 is 2.05 bits per heavy atom. The molecule has 0 unspecified atom stereocenters. The number of hydrogen-bond acceptors (Lipinski definition) is 3. The van der Waals surface area contributed by atoms with Gasteiger partial charge in [-0.25, -0.2) is 0 Å². The Morgan fingerprint density at radius 1 is 1.29 bits per heavy atom. The minimum absolute atomic E-state index is 0.413. The highest BCUT2D eigenvalue weighted by Crippen LogP contribution is 2.26. The number of rotatable bonds is 5. The summed E-state index contributed by atoms with van der Waals surface area (Å²) in [5, 5.41) is 3.35. The van der Waals surface area contributed by atoms with Crippen molar-refractivity contribution in [2.75, 3.05) is 12.4 Å². The first-order valence-corrected chi connectivity index (χ1v) is 7.27. The van der Waals surface area contributed by atoms with Crippen LogP contribution in [0.2, 0.25) is 0 Å². The Kier molecular flexibility index (Phi) is 4.85. The third-order valence-corrected chi connectivity index (χ3v) is 3.83. The van der Waals surface area contributed by atoms with Crippen LogP contribution in [0.3, 0.4) is 0 Å². The molecule has 21 heavy (non-hydrogen) atoms. The lowest BCUT2D eigenvalue weighted by molar-refractivity contribution is 0.1000. The smallest absolute Gasteiger partial charge is 0.248 e. The second-order valence-corrected chi connectivity index (χ2v) is 5.57. The van der Waals surface area contributed by atoms with Crippen LogP contribution in [-0.2, 0) is 6.54 Å². The van der Waals surface area contributed by atoms with E-state index in [1.807, 2.05) is 31.2 Å². The van der Waals surface area contributed by atoms with Crippen molar-refractivity contribution in [2.24, 2.45) is 5.73 Å². The summed E-state index contributed by atoms with van der Waals surface area (Å²) >= 11 is 3.47. The molecule has 0 aliphatic carbocycles. The van der Waals surface area contributed by atoms with E-state index in [0.29, 0.717) is 12.1 Å². The van der Waals surface area contributed by atoms with Crippen LogP contribution in [0, 0.1) is 6.92 Å². The van der Waals surface area contributed by atoms with Crippen molar-refractivity contribution in [1.29, 1.82) is 0 Å². The molecule has 0 spiro atoms. The van der Waals surface area contributed by atoms with Crippen molar-refractivity contribution in [1.82, 2.24) is 0 Å². The molecule has 0 aromatic heterocycles. The number of carbonyl (C=O) groups excluding carboxylic acids is 1. The van der Waals surface area contributed by atoms with Crippen LogP contribution < -0.4 is 15.8 Å². The lowest BCUT2D eigenvalue weighted by atomic mass is 10.1. The molecule has 0 radical (unpaired) electrons. The molecule has 2 aromatic rings. The van der Waals surface area contributed by atoms with E-state index >= 15 is 0 Å². The highest BCUT2D eigenvalue weighted by Gasteiger charge is 2.05. The van der Waals surface area contributed by atoms with Crippen LogP contribution in [0.15, 0.2) is 40.9 Å². The molecule has 0 aliphatic heterocycles. The highest BCUT2D eigenvalue weighted by molar-refractivity contribution is 9.10. The maximum atomic E-state index is 11.1. The zero-order chi connectivity index (χ0) is 15.4. The molecule has 0 aliphatic rings. The summed E-state index contributed by atoms with van der Waals surface area (Å²) in [4.78, 5) is 11.1. The summed E-state index contributed by atoms with van der Waals surface area (Å²) < 4.78 is 6.13. The van der Waals surface area contributed by atoms with Gasteiger partial charge in [0.25, 0.3) is 0 Å². The van der Waals surface area contributed by atoms with Crippen LogP contribution in [0.5, 0.6) is 5.75 Å². The van der Waals surface area contributed by atoms with Gasteiger partial charge in [0.2, 0.25) is 5.91 Å². The fraction of sp³-hybridized carbons (Fsp3) is 0.188. The molecule has 0 saturated heterocycles. The van der Waals surface area contributed by atoms with Gasteiger partial charge in [-0.15, -0.1) is 0 Å². The highest BCUT2D eigenvalue weighted by atomic mass is 79.9. The quantitative estimate of drug-likeness (QED) is 0.869. The lowest BCUT2D eigenvalue weighted by Gasteiger charge is -2.11. The predicted octanol–water partition coefficient (Wildman–Crippen LogP) is 3.48. The summed E-state index contributed by atoms with van der Waals surface area (Å²) in [7, 11) is 1.64. The molecule has 0 atom stereocenters. The van der Waals surface area contributed by atoms with Gasteiger partial charge in [-0.05, 0) is 64.3 Å². The average Bonchev–Trinajstić information content (AvgIpc) is 2.46. The van der Waals surface area contributed by atoms with E-state index in [2.05, 4.69) is 21.2 Å². The molecule has 0 fully saturated rings. The summed E-state index contributed by atoms with van der Waals surface area (Å²) in [5.41, 5.74) is 8.87. The Bertz CT molecular complexity index is 671. The van der Waals surface area contributed by atoms with E-state index in [4.69, 9.17) is 10.5 Å². The third kappa shape index (κ3) is 3.76. The molecule has 110 valence electrons. The molecule has 0 bridgehead atoms. The van der Waals surface area contributed by atoms with Crippen molar-refractivity contribution < 1.29 is 9.53 Å². The molecule has 2 rings (SSSR count). The zero-order valence-corrected chi connectivity index (χ0v) is 13.5. The van der Waals surface area contributed by atoms with Crippen LogP contribution in [-0.4, -0.2) is 13.0 Å². The van der Waals surface area contributed by atoms with Gasteiger partial charge >= 0.3 is 0 Å². The van der Waals surface area contributed by atoms with Crippen molar-refractivity contribution in [3.05, 3.63) is 57.6 Å². The molecule has 3 N–H and O–H groups in total. The predicted molar refractivity (Wildman–Crippen MR) is 87.7 cm³/mol. The number of amides is 1. The second kappa shape index (κ2) is 6.63. The number of carbonyl (C=O) groups is 1. The van der Waals surface area contributed by atoms with Gasteiger partial charge in [-0.1, -0.05) is 6.07 Å². The largest absolute Gasteiger partial charge is 0.496 e. The van der Waals surface area contributed by atoms with Gasteiger partial charge in [0, 0.05) is 17.8 Å². The van der Waals surface area contributed by atoms with Crippen molar-refractivity contribution in [2.45, 2.75) is 13.5 Å². The summed E-state index contributed by atoms with van der Waals surface area (Å²) in [6.45, 7) is 2.62. The minimum Gasteiger partial charge on any atom is -0.496 e. The van der Waals surface area contributed by atoms with Gasteiger partial charge in [0.15, 0.2) is 0 Å². The van der Waals surface area contributed by atoms with Crippen molar-refractivity contribution in [3.8, 4) is 5.75 Å². The summed E-state index contributed by atoms with van der Waals surface area (Å²) in [5.74, 6) is 0.393. The fourth-order valence-electron chi connectivity index (χ4n) is 2.03. The van der Waals surface area contributed by atoms with E-state index < -0.39 is 5.91 Å². The minimum atomic E-state index is -0.413. The zero-order valence-electron chi connectivity index (χ0n) is 11.9. The van der Waals surface area contributed by atoms with E-state index in [9.17, 15) is 4.79 Å². The molecule has 1 amide bonds. The molecule has 4 nitrogen and oxygen atoms in total. The van der Waals surface area contributed by atoms with E-state index in [0.717, 1.165) is 27.0 Å². The number of ether oxygens (including phenoxy) is 1. The SMILES string of the molecule is COc1ccc(CNc2ccc(C(N)=O)cc2C)cc1Br. The number of anilines is 1. The Balaban J connectivity index is 2.09. The van der Waals surface area contributed by atoms with Crippen LogP contribution in [0.25, 0.3) is 0 Å². The van der Waals surface area contributed by atoms with Gasteiger partial charge in [-0.2, -0.15) is 0 Å². The maximum Gasteiger partial charge on any atom is 0.248 e. The summed E-state index contributed by atoms with van der Waals surface area (Å²) in [6, 6.07) is 11.3. The Hall–Kier alpha value is -2.01. The number of primary amides is 1. The second-order valence-electron chi connectivity index (χ2n) is 4.72. The first-order valence-electron chi connectivity index (χ1n) is 6.48. The Morgan fingerprint density at radius 3 is 2.62 bits per heavy atom. The monoisotopic (exact) mass is 348 g/mol. The van der Waals surface area contributed by atoms with Crippen LogP contribution >= 0.6 is 15.9 Å². The fourth-order valence-corrected chi connectivity index (χ4v) is 2.62. The number of hydrogen-bond donors (Lipinski definition) is 2. The summed E-state index contributed by atoms with van der Waals surface area (Å²) in [6.07, 6.45) is 0. The standard InChI is InChI=1S/C16H17BrN2O2/c1-10-7-12(16(18)20)4-5-14(10)19-9-11-3-6-15(21-2)13(17)8-11/h3-8,19H,9H2,1-2H3,(H2,18,20). The topological polar surface area (TPSA) is 64.3 Å². The molecule has 5 heteroatoms. The number of nitrogens with one attached hydrogen (secondary N) is 1. The van der Waals surface area contributed by atoms with E-state index in [-0.39, 0.29) is 0 Å². The number of methoxy groups -OCH3 is 1. The third-order valence-electron chi connectivity index (χ3n) is 3.21. The van der Waals surface area contributed by atoms with Gasteiger partial charge in [0.05, 0.1) is 11.6 Å². The molecular formula is C16H17BrN2O2. The van der Waals surface area contributed by atoms with Crippen molar-refractivity contribution >= 4 is 27.5 Å². The molecule has 2 aromatic carbocycles. The number of benzene rings is 2. The molecule has 0 saturated carbocycles. The average molecular weight is 349 g/mol. The van der Waals surface area contributed by atoms with Crippen molar-refractivity contribution in [3.63, 3.8) is 0 Å². The van der Waals surface area contributed by atoms with Gasteiger partial charge in [-0.3, -0.25) is 4.79 Å². The lowest BCUT2D eigenvalue weighted by Crippen LogP contribution is -2.11. The van der Waals surface area contributed by atoms with Crippen LogP contribution in [0.4, 0.5) is 5.69 Å². The molecule has 0 heterocycles. The number of nitrogens with two attached hydrogens (primary N) is 1. The number of aryl methyl sites for hydroxylation is 1. The van der Waals surface area contributed by atoms with Crippen LogP contribution in [0.1, 0.15) is 21.5 Å². The van der Waals surface area contributed by atoms with Gasteiger partial charge < -0.3 is 15.8 Å². The maximum absolute atomic E-state index is 11.1. The molecular weight excluding hydrogens is 332 g/mol.